The molecule has 0 saturated carbocycles. The standard InChI is InChI=1S/C13H22N2O3/c1-4-5-6-11(13(17)18)12(16)10-7-14-15(8-10)9(2)3/h7-9,11-12,16H,4-6H2,1-3H3,(H,17,18). The zero-order valence-electron chi connectivity index (χ0n) is 11.2. The lowest BCUT2D eigenvalue weighted by Gasteiger charge is -2.17. The summed E-state index contributed by atoms with van der Waals surface area (Å²) in [5, 5.41) is 23.4. The van der Waals surface area contributed by atoms with Gasteiger partial charge in [0.1, 0.15) is 0 Å². The molecule has 0 aliphatic heterocycles. The van der Waals surface area contributed by atoms with Crippen LogP contribution in [0.5, 0.6) is 0 Å². The topological polar surface area (TPSA) is 75.3 Å². The fourth-order valence-electron chi connectivity index (χ4n) is 1.86. The van der Waals surface area contributed by atoms with Crippen LogP contribution in [0.15, 0.2) is 12.4 Å². The number of unbranched alkanes of at least 4 members (excludes halogenated alkanes) is 1. The van der Waals surface area contributed by atoms with E-state index in [4.69, 9.17) is 5.11 Å². The van der Waals surface area contributed by atoms with Gasteiger partial charge in [0.25, 0.3) is 0 Å². The van der Waals surface area contributed by atoms with Crippen molar-refractivity contribution in [3.05, 3.63) is 18.0 Å². The average Bonchev–Trinajstić information content (AvgIpc) is 2.78. The second-order valence-electron chi connectivity index (χ2n) is 4.88. The molecule has 0 fully saturated rings. The molecule has 1 aromatic heterocycles. The highest BCUT2D eigenvalue weighted by molar-refractivity contribution is 5.71. The van der Waals surface area contributed by atoms with Gasteiger partial charge in [0.15, 0.2) is 0 Å². The summed E-state index contributed by atoms with van der Waals surface area (Å²) in [4.78, 5) is 11.2. The Morgan fingerprint density at radius 1 is 1.50 bits per heavy atom. The number of aliphatic hydroxyl groups excluding tert-OH is 1. The molecule has 0 aliphatic rings. The monoisotopic (exact) mass is 254 g/mol. The Labute approximate surface area is 107 Å². The van der Waals surface area contributed by atoms with E-state index < -0.39 is 18.0 Å². The van der Waals surface area contributed by atoms with Crippen LogP contribution in [0.3, 0.4) is 0 Å². The molecule has 0 saturated heterocycles. The van der Waals surface area contributed by atoms with Gasteiger partial charge in [-0.05, 0) is 20.3 Å². The Morgan fingerprint density at radius 3 is 2.61 bits per heavy atom. The van der Waals surface area contributed by atoms with Crippen molar-refractivity contribution in [3.63, 3.8) is 0 Å². The molecule has 5 heteroatoms. The lowest BCUT2D eigenvalue weighted by molar-refractivity contribution is -0.146. The van der Waals surface area contributed by atoms with Crippen LogP contribution in [0.2, 0.25) is 0 Å². The summed E-state index contributed by atoms with van der Waals surface area (Å²) < 4.78 is 1.72. The molecule has 0 spiro atoms. The third-order valence-electron chi connectivity index (χ3n) is 3.06. The number of carboxylic acids is 1. The maximum atomic E-state index is 11.2. The Bertz CT molecular complexity index is 387. The van der Waals surface area contributed by atoms with Gasteiger partial charge in [-0.25, -0.2) is 0 Å². The lowest BCUT2D eigenvalue weighted by Crippen LogP contribution is -2.21. The van der Waals surface area contributed by atoms with E-state index in [2.05, 4.69) is 5.10 Å². The number of hydrogen-bond donors (Lipinski definition) is 2. The Morgan fingerprint density at radius 2 is 2.17 bits per heavy atom. The number of carbonyl (C=O) groups is 1. The minimum absolute atomic E-state index is 0.199. The van der Waals surface area contributed by atoms with Gasteiger partial charge in [-0.2, -0.15) is 5.10 Å². The fourth-order valence-corrected chi connectivity index (χ4v) is 1.86. The third-order valence-corrected chi connectivity index (χ3v) is 3.06. The van der Waals surface area contributed by atoms with Crippen molar-refractivity contribution in [3.8, 4) is 0 Å². The number of rotatable bonds is 7. The molecule has 18 heavy (non-hydrogen) atoms. The molecule has 0 amide bonds. The van der Waals surface area contributed by atoms with Crippen molar-refractivity contribution < 1.29 is 15.0 Å². The van der Waals surface area contributed by atoms with E-state index in [1.807, 2.05) is 20.8 Å². The van der Waals surface area contributed by atoms with Crippen molar-refractivity contribution in [1.29, 1.82) is 0 Å². The summed E-state index contributed by atoms with van der Waals surface area (Å²) in [7, 11) is 0. The van der Waals surface area contributed by atoms with E-state index in [0.717, 1.165) is 12.8 Å². The van der Waals surface area contributed by atoms with Gasteiger partial charge in [0.05, 0.1) is 18.2 Å². The SMILES string of the molecule is CCCCC(C(=O)O)C(O)c1cnn(C(C)C)c1. The molecular weight excluding hydrogens is 232 g/mol. The molecular formula is C13H22N2O3. The molecule has 1 heterocycles. The van der Waals surface area contributed by atoms with Gasteiger partial charge in [-0.1, -0.05) is 19.8 Å². The summed E-state index contributed by atoms with van der Waals surface area (Å²) in [5.74, 6) is -1.71. The summed E-state index contributed by atoms with van der Waals surface area (Å²) >= 11 is 0. The van der Waals surface area contributed by atoms with Crippen molar-refractivity contribution in [2.24, 2.45) is 5.92 Å². The summed E-state index contributed by atoms with van der Waals surface area (Å²) in [6, 6.07) is 0.199. The highest BCUT2D eigenvalue weighted by atomic mass is 16.4. The van der Waals surface area contributed by atoms with E-state index in [0.29, 0.717) is 12.0 Å². The maximum absolute atomic E-state index is 11.2. The first kappa shape index (κ1) is 14.7. The maximum Gasteiger partial charge on any atom is 0.309 e. The number of hydrogen-bond acceptors (Lipinski definition) is 3. The van der Waals surface area contributed by atoms with E-state index in [-0.39, 0.29) is 6.04 Å². The van der Waals surface area contributed by atoms with Gasteiger partial charge in [0.2, 0.25) is 0 Å². The predicted molar refractivity (Wildman–Crippen MR) is 68.2 cm³/mol. The van der Waals surface area contributed by atoms with E-state index in [1.165, 1.54) is 0 Å². The Balaban J connectivity index is 2.80. The number of aromatic nitrogens is 2. The van der Waals surface area contributed by atoms with Crippen LogP contribution < -0.4 is 0 Å². The zero-order valence-corrected chi connectivity index (χ0v) is 11.2. The Kier molecular flexibility index (Phi) is 5.34. The summed E-state index contributed by atoms with van der Waals surface area (Å²) in [6.45, 7) is 5.96. The van der Waals surface area contributed by atoms with Gasteiger partial charge in [-0.15, -0.1) is 0 Å². The smallest absolute Gasteiger partial charge is 0.309 e. The molecule has 0 aromatic carbocycles. The first-order valence-corrected chi connectivity index (χ1v) is 6.42. The van der Waals surface area contributed by atoms with Crippen LogP contribution in [0, 0.1) is 5.92 Å². The largest absolute Gasteiger partial charge is 0.481 e. The van der Waals surface area contributed by atoms with Crippen LogP contribution in [-0.2, 0) is 4.79 Å². The van der Waals surface area contributed by atoms with Gasteiger partial charge < -0.3 is 10.2 Å². The van der Waals surface area contributed by atoms with Crippen molar-refractivity contribution >= 4 is 5.97 Å². The molecule has 5 nitrogen and oxygen atoms in total. The lowest BCUT2D eigenvalue weighted by atomic mass is 9.93. The van der Waals surface area contributed by atoms with E-state index in [9.17, 15) is 9.90 Å². The van der Waals surface area contributed by atoms with Crippen molar-refractivity contribution in [2.45, 2.75) is 52.2 Å². The molecule has 0 aliphatic carbocycles. The van der Waals surface area contributed by atoms with Crippen molar-refractivity contribution in [2.75, 3.05) is 0 Å². The second kappa shape index (κ2) is 6.54. The minimum Gasteiger partial charge on any atom is -0.481 e. The van der Waals surface area contributed by atoms with Crippen LogP contribution in [0.1, 0.15) is 57.7 Å². The molecule has 2 atom stereocenters. The fraction of sp³-hybridized carbons (Fsp3) is 0.692. The van der Waals surface area contributed by atoms with E-state index in [1.54, 1.807) is 17.1 Å². The van der Waals surface area contributed by atoms with Crippen LogP contribution in [-0.4, -0.2) is 26.0 Å². The number of aliphatic hydroxyl groups is 1. The highest BCUT2D eigenvalue weighted by Crippen LogP contribution is 2.26. The molecule has 2 N–H and O–H groups in total. The Hall–Kier alpha value is -1.36. The third kappa shape index (κ3) is 3.57. The van der Waals surface area contributed by atoms with Gasteiger partial charge >= 0.3 is 5.97 Å². The molecule has 2 unspecified atom stereocenters. The average molecular weight is 254 g/mol. The van der Waals surface area contributed by atoms with Crippen LogP contribution >= 0.6 is 0 Å². The second-order valence-corrected chi connectivity index (χ2v) is 4.88. The molecule has 1 rings (SSSR count). The van der Waals surface area contributed by atoms with Gasteiger partial charge in [0, 0.05) is 17.8 Å². The van der Waals surface area contributed by atoms with Crippen LogP contribution in [0.25, 0.3) is 0 Å². The number of nitrogens with zero attached hydrogens (tertiary/aromatic N) is 2. The molecule has 102 valence electrons. The summed E-state index contributed by atoms with van der Waals surface area (Å²) in [5.41, 5.74) is 0.576. The van der Waals surface area contributed by atoms with Gasteiger partial charge in [-0.3, -0.25) is 9.48 Å². The quantitative estimate of drug-likeness (QED) is 0.783. The highest BCUT2D eigenvalue weighted by Gasteiger charge is 2.28. The first-order chi connectivity index (χ1) is 8.47. The minimum atomic E-state index is -0.985. The molecule has 1 aromatic rings. The normalized spacial score (nSPS) is 14.7. The molecule has 0 bridgehead atoms. The van der Waals surface area contributed by atoms with Crippen LogP contribution in [0.4, 0.5) is 0 Å². The zero-order chi connectivity index (χ0) is 13.7. The van der Waals surface area contributed by atoms with Crippen molar-refractivity contribution in [1.82, 2.24) is 9.78 Å². The summed E-state index contributed by atoms with van der Waals surface area (Å²) in [6.07, 6.45) is 4.49. The number of carboxylic acid groups (broad SMARTS) is 1. The predicted octanol–water partition coefficient (Wildman–Crippen LogP) is 2.39. The first-order valence-electron chi connectivity index (χ1n) is 6.42. The van der Waals surface area contributed by atoms with E-state index >= 15 is 0 Å². The molecule has 0 radical (unpaired) electrons. The number of aliphatic carboxylic acids is 1.